The van der Waals surface area contributed by atoms with Gasteiger partial charge in [-0.15, -0.1) is 11.3 Å². The molecule has 4 N–H and O–H groups in total. The molecule has 21 heavy (non-hydrogen) atoms. The fraction of sp³-hybridized carbons (Fsp3) is 0.357. The third-order valence-corrected chi connectivity index (χ3v) is 4.91. The lowest BCUT2D eigenvalue weighted by Crippen LogP contribution is -2.31. The molecule has 0 radical (unpaired) electrons. The smallest absolute Gasteiger partial charge is 0.266 e. The molecule has 3 rings (SSSR count). The Balaban J connectivity index is 1.92. The van der Waals surface area contributed by atoms with Gasteiger partial charge in [0.05, 0.1) is 11.6 Å². The Kier molecular flexibility index (Phi) is 3.29. The number of rotatable bonds is 2. The van der Waals surface area contributed by atoms with Crippen LogP contribution in [0.3, 0.4) is 0 Å². The van der Waals surface area contributed by atoms with E-state index in [9.17, 15) is 9.59 Å². The van der Waals surface area contributed by atoms with Crippen LogP contribution in [-0.4, -0.2) is 34.8 Å². The van der Waals surface area contributed by atoms with Crippen molar-refractivity contribution in [2.45, 2.75) is 13.3 Å². The second kappa shape index (κ2) is 5.00. The van der Waals surface area contributed by atoms with E-state index in [1.807, 2.05) is 19.1 Å². The molecule has 0 aromatic carbocycles. The van der Waals surface area contributed by atoms with Crippen LogP contribution in [0, 0.1) is 12.8 Å². The molecule has 1 aliphatic rings. The van der Waals surface area contributed by atoms with E-state index in [0.29, 0.717) is 30.1 Å². The van der Waals surface area contributed by atoms with Gasteiger partial charge in [-0.2, -0.15) is 0 Å². The molecule has 3 heterocycles. The number of aromatic nitrogens is 1. The number of likely N-dealkylation sites (tertiary alicyclic amines) is 1. The molecule has 2 aromatic heterocycles. The number of fused-ring (bicyclic) bond motifs is 1. The third-order valence-electron chi connectivity index (χ3n) is 3.81. The summed E-state index contributed by atoms with van der Waals surface area (Å²) in [6.07, 6.45) is 0.614. The summed E-state index contributed by atoms with van der Waals surface area (Å²) in [6.45, 7) is 2.80. The zero-order valence-electron chi connectivity index (χ0n) is 11.6. The summed E-state index contributed by atoms with van der Waals surface area (Å²) < 4.78 is 0. The molecule has 110 valence electrons. The van der Waals surface area contributed by atoms with E-state index < -0.39 is 0 Å². The minimum atomic E-state index is -0.355. The monoisotopic (exact) mass is 304 g/mol. The van der Waals surface area contributed by atoms with E-state index in [2.05, 4.69) is 4.98 Å². The molecule has 1 unspecified atom stereocenters. The van der Waals surface area contributed by atoms with Gasteiger partial charge in [-0.05, 0) is 25.5 Å². The van der Waals surface area contributed by atoms with Gasteiger partial charge in [-0.1, -0.05) is 0 Å². The number of anilines is 1. The molecule has 2 aromatic rings. The number of nitrogens with zero attached hydrogens (tertiary/aromatic N) is 2. The zero-order chi connectivity index (χ0) is 15.1. The normalized spacial score (nSPS) is 18.3. The SMILES string of the molecule is Cc1ccc2c(N)c(C(=O)N3CCC(C(N)=O)C3)sc2n1. The van der Waals surface area contributed by atoms with Crippen molar-refractivity contribution in [1.29, 1.82) is 0 Å². The molecular weight excluding hydrogens is 288 g/mol. The average Bonchev–Trinajstić information content (AvgIpc) is 3.03. The number of nitrogens with two attached hydrogens (primary N) is 2. The largest absolute Gasteiger partial charge is 0.397 e. The van der Waals surface area contributed by atoms with Crippen molar-refractivity contribution < 1.29 is 9.59 Å². The summed E-state index contributed by atoms with van der Waals surface area (Å²) >= 11 is 1.30. The number of aryl methyl sites for hydroxylation is 1. The van der Waals surface area contributed by atoms with Gasteiger partial charge in [-0.3, -0.25) is 9.59 Å². The van der Waals surface area contributed by atoms with Crippen molar-refractivity contribution in [3.05, 3.63) is 22.7 Å². The Morgan fingerprint density at radius 1 is 1.43 bits per heavy atom. The number of hydrogen-bond acceptors (Lipinski definition) is 5. The summed E-state index contributed by atoms with van der Waals surface area (Å²) in [7, 11) is 0. The van der Waals surface area contributed by atoms with Crippen molar-refractivity contribution in [2.24, 2.45) is 11.7 Å². The maximum Gasteiger partial charge on any atom is 0.266 e. The molecule has 1 atom stereocenters. The van der Waals surface area contributed by atoms with Crippen LogP contribution in [0.25, 0.3) is 10.2 Å². The van der Waals surface area contributed by atoms with Crippen molar-refractivity contribution in [3.8, 4) is 0 Å². The van der Waals surface area contributed by atoms with E-state index >= 15 is 0 Å². The number of primary amides is 1. The fourth-order valence-electron chi connectivity index (χ4n) is 2.57. The molecule has 1 saturated heterocycles. The topological polar surface area (TPSA) is 102 Å². The molecule has 1 aliphatic heterocycles. The predicted octanol–water partition coefficient (Wildman–Crippen LogP) is 1.13. The molecule has 6 nitrogen and oxygen atoms in total. The first kappa shape index (κ1) is 13.8. The van der Waals surface area contributed by atoms with Crippen LogP contribution >= 0.6 is 11.3 Å². The van der Waals surface area contributed by atoms with Crippen LogP contribution in [0.4, 0.5) is 5.69 Å². The van der Waals surface area contributed by atoms with E-state index in [1.165, 1.54) is 11.3 Å². The third kappa shape index (κ3) is 2.33. The summed E-state index contributed by atoms with van der Waals surface area (Å²) in [5, 5.41) is 0.805. The van der Waals surface area contributed by atoms with Crippen molar-refractivity contribution in [2.75, 3.05) is 18.8 Å². The molecule has 1 fully saturated rings. The summed E-state index contributed by atoms with van der Waals surface area (Å²) in [5.74, 6) is -0.756. The van der Waals surface area contributed by atoms with Gasteiger partial charge in [0.2, 0.25) is 5.91 Å². The Morgan fingerprint density at radius 2 is 2.19 bits per heavy atom. The van der Waals surface area contributed by atoms with Gasteiger partial charge in [0.25, 0.3) is 5.91 Å². The first-order chi connectivity index (χ1) is 9.97. The van der Waals surface area contributed by atoms with Gasteiger partial charge in [-0.25, -0.2) is 4.98 Å². The molecule has 0 aliphatic carbocycles. The lowest BCUT2D eigenvalue weighted by Gasteiger charge is -2.15. The lowest BCUT2D eigenvalue weighted by atomic mass is 10.1. The van der Waals surface area contributed by atoms with Crippen LogP contribution < -0.4 is 11.5 Å². The van der Waals surface area contributed by atoms with Crippen molar-refractivity contribution in [3.63, 3.8) is 0 Å². The second-order valence-corrected chi connectivity index (χ2v) is 6.29. The molecule has 0 saturated carbocycles. The van der Waals surface area contributed by atoms with Crippen LogP contribution in [0.15, 0.2) is 12.1 Å². The highest BCUT2D eigenvalue weighted by atomic mass is 32.1. The molecule has 0 spiro atoms. The quantitative estimate of drug-likeness (QED) is 0.868. The average molecular weight is 304 g/mol. The van der Waals surface area contributed by atoms with Crippen molar-refractivity contribution in [1.82, 2.24) is 9.88 Å². The van der Waals surface area contributed by atoms with Crippen LogP contribution in [0.5, 0.6) is 0 Å². The first-order valence-electron chi connectivity index (χ1n) is 6.71. The Hall–Kier alpha value is -2.15. The Morgan fingerprint density at radius 3 is 2.86 bits per heavy atom. The van der Waals surface area contributed by atoms with Gasteiger partial charge >= 0.3 is 0 Å². The van der Waals surface area contributed by atoms with Crippen LogP contribution in [-0.2, 0) is 4.79 Å². The number of carbonyl (C=O) groups is 2. The van der Waals surface area contributed by atoms with Gasteiger partial charge in [0.15, 0.2) is 0 Å². The van der Waals surface area contributed by atoms with Crippen LogP contribution in [0.2, 0.25) is 0 Å². The second-order valence-electron chi connectivity index (χ2n) is 5.29. The number of thiophene rings is 1. The number of hydrogen-bond donors (Lipinski definition) is 2. The lowest BCUT2D eigenvalue weighted by molar-refractivity contribution is -0.121. The number of carbonyl (C=O) groups excluding carboxylic acids is 2. The van der Waals surface area contributed by atoms with Crippen molar-refractivity contribution >= 4 is 39.1 Å². The standard InChI is InChI=1S/C14H16N4O2S/c1-7-2-3-9-10(15)11(21-13(9)17-7)14(20)18-5-4-8(6-18)12(16)19/h2-3,8H,4-6,15H2,1H3,(H2,16,19). The maximum atomic E-state index is 12.6. The van der Waals surface area contributed by atoms with Gasteiger partial charge in [0, 0.05) is 24.2 Å². The number of nitrogen functional groups attached to an aromatic ring is 1. The van der Waals surface area contributed by atoms with E-state index in [0.717, 1.165) is 15.9 Å². The fourth-order valence-corrected chi connectivity index (χ4v) is 3.68. The minimum Gasteiger partial charge on any atom is -0.397 e. The highest BCUT2D eigenvalue weighted by Gasteiger charge is 2.32. The van der Waals surface area contributed by atoms with Gasteiger partial charge < -0.3 is 16.4 Å². The maximum absolute atomic E-state index is 12.6. The highest BCUT2D eigenvalue weighted by molar-refractivity contribution is 7.21. The number of pyridine rings is 1. The summed E-state index contributed by atoms with van der Waals surface area (Å²) in [4.78, 5) is 31.1. The van der Waals surface area contributed by atoms with E-state index in [4.69, 9.17) is 11.5 Å². The van der Waals surface area contributed by atoms with E-state index in [1.54, 1.807) is 4.90 Å². The number of amides is 2. The first-order valence-corrected chi connectivity index (χ1v) is 7.53. The molecule has 7 heteroatoms. The highest BCUT2D eigenvalue weighted by Crippen LogP contribution is 2.34. The van der Waals surface area contributed by atoms with Gasteiger partial charge in [0.1, 0.15) is 9.71 Å². The summed E-state index contributed by atoms with van der Waals surface area (Å²) in [6, 6.07) is 3.76. The molecule has 0 bridgehead atoms. The predicted molar refractivity (Wildman–Crippen MR) is 82.0 cm³/mol. The minimum absolute atomic E-state index is 0.142. The van der Waals surface area contributed by atoms with E-state index in [-0.39, 0.29) is 17.7 Å². The molecular formula is C14H16N4O2S. The molecule has 2 amide bonds. The summed E-state index contributed by atoms with van der Waals surface area (Å²) in [5.41, 5.74) is 12.7. The van der Waals surface area contributed by atoms with Crippen LogP contribution in [0.1, 0.15) is 21.8 Å². The Labute approximate surface area is 125 Å². The Bertz CT molecular complexity index is 740. The zero-order valence-corrected chi connectivity index (χ0v) is 12.4.